The van der Waals surface area contributed by atoms with E-state index in [2.05, 4.69) is 18.9 Å². The van der Waals surface area contributed by atoms with Gasteiger partial charge in [0.15, 0.2) is 0 Å². The molecule has 124 valence electrons. The first-order valence-electron chi connectivity index (χ1n) is 8.17. The zero-order valence-corrected chi connectivity index (χ0v) is 14.6. The molecule has 1 saturated heterocycles. The molecular formula is C20H21NO2S. The Morgan fingerprint density at radius 2 is 2.29 bits per heavy atom. The fraction of sp³-hybridized carbons (Fsp3) is 0.350. The fourth-order valence-corrected chi connectivity index (χ4v) is 3.76. The van der Waals surface area contributed by atoms with Gasteiger partial charge in [0.25, 0.3) is 0 Å². The first-order valence-corrected chi connectivity index (χ1v) is 9.05. The summed E-state index contributed by atoms with van der Waals surface area (Å²) >= 11 is 1.66. The molecule has 2 heterocycles. The van der Waals surface area contributed by atoms with Crippen molar-refractivity contribution in [2.45, 2.75) is 19.9 Å². The van der Waals surface area contributed by atoms with Gasteiger partial charge in [-0.1, -0.05) is 25.0 Å². The van der Waals surface area contributed by atoms with Crippen molar-refractivity contribution < 1.29 is 9.53 Å². The second-order valence-corrected chi connectivity index (χ2v) is 7.18. The summed E-state index contributed by atoms with van der Waals surface area (Å²) in [5.74, 6) is 3.04. The molecule has 1 fully saturated rings. The van der Waals surface area contributed by atoms with E-state index in [1.165, 1.54) is 0 Å². The molecule has 0 spiro atoms. The maximum absolute atomic E-state index is 13.3. The molecule has 1 aliphatic rings. The summed E-state index contributed by atoms with van der Waals surface area (Å²) in [7, 11) is 0. The highest BCUT2D eigenvalue weighted by molar-refractivity contribution is 7.09. The molecule has 2 atom stereocenters. The Bertz CT molecular complexity index is 732. The van der Waals surface area contributed by atoms with Crippen molar-refractivity contribution in [1.82, 2.24) is 0 Å². The highest BCUT2D eigenvalue weighted by Gasteiger charge is 2.32. The van der Waals surface area contributed by atoms with Gasteiger partial charge in [0.1, 0.15) is 0 Å². The minimum atomic E-state index is -0.00629. The number of ether oxygens (including phenoxy) is 1. The molecule has 1 amide bonds. The maximum atomic E-state index is 13.3. The molecule has 0 unspecified atom stereocenters. The smallest absolute Gasteiger partial charge is 0.230 e. The van der Waals surface area contributed by atoms with Crippen molar-refractivity contribution in [3.8, 4) is 12.3 Å². The van der Waals surface area contributed by atoms with E-state index in [4.69, 9.17) is 11.2 Å². The average molecular weight is 339 g/mol. The van der Waals surface area contributed by atoms with Gasteiger partial charge in [-0.2, -0.15) is 0 Å². The van der Waals surface area contributed by atoms with Gasteiger partial charge in [0.2, 0.25) is 5.91 Å². The van der Waals surface area contributed by atoms with Crippen LogP contribution in [0.2, 0.25) is 0 Å². The van der Waals surface area contributed by atoms with E-state index in [1.54, 1.807) is 11.3 Å². The minimum absolute atomic E-state index is 0.00629. The third kappa shape index (κ3) is 3.69. The molecule has 1 aromatic heterocycles. The Balaban J connectivity index is 1.91. The third-order valence-electron chi connectivity index (χ3n) is 4.44. The molecule has 4 heteroatoms. The van der Waals surface area contributed by atoms with Crippen molar-refractivity contribution in [3.05, 3.63) is 52.2 Å². The van der Waals surface area contributed by atoms with E-state index in [0.717, 1.165) is 22.5 Å². The van der Waals surface area contributed by atoms with Crippen LogP contribution in [0.15, 0.2) is 41.8 Å². The molecule has 2 aromatic rings. The Morgan fingerprint density at radius 3 is 3.00 bits per heavy atom. The van der Waals surface area contributed by atoms with Crippen LogP contribution in [0.3, 0.4) is 0 Å². The fourth-order valence-electron chi connectivity index (χ4n) is 3.07. The number of carbonyl (C=O) groups is 1. The number of carbonyl (C=O) groups excluding carboxylic acids is 1. The molecule has 0 bridgehead atoms. The van der Waals surface area contributed by atoms with Gasteiger partial charge >= 0.3 is 0 Å². The maximum Gasteiger partial charge on any atom is 0.230 e. The highest BCUT2D eigenvalue weighted by Crippen LogP contribution is 2.28. The summed E-state index contributed by atoms with van der Waals surface area (Å²) < 4.78 is 5.49. The Hall–Kier alpha value is -2.09. The van der Waals surface area contributed by atoms with E-state index < -0.39 is 0 Å². The van der Waals surface area contributed by atoms with Gasteiger partial charge < -0.3 is 9.64 Å². The van der Waals surface area contributed by atoms with E-state index >= 15 is 0 Å². The number of amides is 1. The monoisotopic (exact) mass is 339 g/mol. The second-order valence-electron chi connectivity index (χ2n) is 6.15. The quantitative estimate of drug-likeness (QED) is 0.790. The van der Waals surface area contributed by atoms with Gasteiger partial charge in [0, 0.05) is 35.3 Å². The van der Waals surface area contributed by atoms with Gasteiger partial charge in [-0.15, -0.1) is 17.8 Å². The lowest BCUT2D eigenvalue weighted by atomic mass is 9.88. The molecular weight excluding hydrogens is 318 g/mol. The van der Waals surface area contributed by atoms with E-state index in [-0.39, 0.29) is 17.7 Å². The van der Waals surface area contributed by atoms with E-state index in [0.29, 0.717) is 19.8 Å². The van der Waals surface area contributed by atoms with Crippen molar-refractivity contribution >= 4 is 22.9 Å². The number of hydrogen-bond donors (Lipinski definition) is 0. The molecule has 1 aliphatic heterocycles. The number of terminal acetylenes is 1. The van der Waals surface area contributed by atoms with Crippen LogP contribution < -0.4 is 4.90 Å². The Kier molecular flexibility index (Phi) is 5.34. The lowest BCUT2D eigenvalue weighted by Gasteiger charge is -2.33. The van der Waals surface area contributed by atoms with Gasteiger partial charge in [-0.25, -0.2) is 0 Å². The summed E-state index contributed by atoms with van der Waals surface area (Å²) in [5, 5.41) is 2.03. The summed E-state index contributed by atoms with van der Waals surface area (Å²) in [6.07, 6.45) is 6.30. The summed E-state index contributed by atoms with van der Waals surface area (Å²) in [4.78, 5) is 16.3. The molecule has 0 N–H and O–H groups in total. The molecule has 24 heavy (non-hydrogen) atoms. The first kappa shape index (κ1) is 16.8. The molecule has 3 rings (SSSR count). The lowest BCUT2D eigenvalue weighted by Crippen LogP contribution is -2.41. The number of nitrogens with zero attached hydrogens (tertiary/aromatic N) is 1. The Labute approximate surface area is 147 Å². The van der Waals surface area contributed by atoms with Gasteiger partial charge in [0.05, 0.1) is 6.54 Å². The Morgan fingerprint density at radius 1 is 1.42 bits per heavy atom. The van der Waals surface area contributed by atoms with Crippen molar-refractivity contribution in [2.75, 3.05) is 18.1 Å². The largest absolute Gasteiger partial charge is 0.381 e. The van der Waals surface area contributed by atoms with Crippen molar-refractivity contribution in [2.24, 2.45) is 11.8 Å². The average Bonchev–Trinajstić information content (AvgIpc) is 3.13. The van der Waals surface area contributed by atoms with Crippen LogP contribution in [-0.2, 0) is 16.1 Å². The molecule has 3 nitrogen and oxygen atoms in total. The molecule has 1 aromatic carbocycles. The minimum Gasteiger partial charge on any atom is -0.381 e. The topological polar surface area (TPSA) is 29.5 Å². The van der Waals surface area contributed by atoms with Crippen LogP contribution in [0, 0.1) is 24.2 Å². The summed E-state index contributed by atoms with van der Waals surface area (Å²) in [5.41, 5.74) is 1.65. The summed E-state index contributed by atoms with van der Waals surface area (Å²) in [6.45, 7) is 3.96. The molecule has 0 saturated carbocycles. The number of hydrogen-bond acceptors (Lipinski definition) is 3. The van der Waals surface area contributed by atoms with Crippen LogP contribution in [0.25, 0.3) is 0 Å². The van der Waals surface area contributed by atoms with Gasteiger partial charge in [-0.05, 0) is 42.0 Å². The van der Waals surface area contributed by atoms with Crippen LogP contribution in [-0.4, -0.2) is 19.1 Å². The number of thiophene rings is 1. The zero-order valence-electron chi connectivity index (χ0n) is 13.8. The predicted molar refractivity (Wildman–Crippen MR) is 98.0 cm³/mol. The zero-order chi connectivity index (χ0) is 16.9. The second kappa shape index (κ2) is 7.65. The van der Waals surface area contributed by atoms with Crippen LogP contribution in [0.1, 0.15) is 23.8 Å². The SMILES string of the molecule is C#Cc1cccc(N(Cc2cccs2)C(=O)[C@@H]2CCOC[C@@H]2C)c1. The van der Waals surface area contributed by atoms with Crippen LogP contribution in [0.5, 0.6) is 0 Å². The molecule has 0 radical (unpaired) electrons. The van der Waals surface area contributed by atoms with Crippen molar-refractivity contribution in [1.29, 1.82) is 0 Å². The predicted octanol–water partition coefficient (Wildman–Crippen LogP) is 3.94. The number of rotatable bonds is 4. The standard InChI is InChI=1S/C20H21NO2S/c1-3-16-6-4-7-17(12-16)21(13-18-8-5-11-24-18)20(22)19-9-10-23-14-15(19)2/h1,4-8,11-12,15,19H,9-10,13-14H2,2H3/t15-,19+/m0/s1. The third-order valence-corrected chi connectivity index (χ3v) is 5.30. The number of anilines is 1. The van der Waals surface area contributed by atoms with Crippen molar-refractivity contribution in [3.63, 3.8) is 0 Å². The highest BCUT2D eigenvalue weighted by atomic mass is 32.1. The van der Waals surface area contributed by atoms with Crippen LogP contribution in [0.4, 0.5) is 5.69 Å². The summed E-state index contributed by atoms with van der Waals surface area (Å²) in [6, 6.07) is 11.7. The molecule has 0 aliphatic carbocycles. The lowest BCUT2D eigenvalue weighted by molar-refractivity contribution is -0.128. The van der Waals surface area contributed by atoms with Gasteiger partial charge in [-0.3, -0.25) is 4.79 Å². The van der Waals surface area contributed by atoms with E-state index in [1.807, 2.05) is 40.6 Å². The number of benzene rings is 1. The first-order chi connectivity index (χ1) is 11.7. The normalized spacial score (nSPS) is 20.3. The van der Waals surface area contributed by atoms with Crippen LogP contribution >= 0.6 is 11.3 Å². The van der Waals surface area contributed by atoms with E-state index in [9.17, 15) is 4.79 Å².